The highest BCUT2D eigenvalue weighted by Crippen LogP contribution is 2.52. The minimum Gasteiger partial charge on any atom is -0.388 e. The molecule has 2 heterocycles. The van der Waals surface area contributed by atoms with Gasteiger partial charge in [0.2, 0.25) is 0 Å². The Morgan fingerprint density at radius 2 is 1.59 bits per heavy atom. The van der Waals surface area contributed by atoms with Crippen LogP contribution in [0.4, 0.5) is 18.9 Å². The summed E-state index contributed by atoms with van der Waals surface area (Å²) in [6.45, 7) is 0.344. The first kappa shape index (κ1) is 21.0. The average Bonchev–Trinajstić information content (AvgIpc) is 3.57. The van der Waals surface area contributed by atoms with Crippen molar-refractivity contribution in [1.29, 1.82) is 0 Å². The Morgan fingerprint density at radius 1 is 0.912 bits per heavy atom. The lowest BCUT2D eigenvalue weighted by molar-refractivity contribution is 0.0481. The fourth-order valence-corrected chi connectivity index (χ4v) is 4.96. The first-order chi connectivity index (χ1) is 16.4. The Balaban J connectivity index is 1.29. The van der Waals surface area contributed by atoms with Gasteiger partial charge in [-0.2, -0.15) is 8.78 Å². The SMILES string of the molecule is CNc1ccc2c(c1)C(F)(F)c1cc(-c3ccc(-c4cnc(C5CC(F)CN5)[nH]4)cc3)ccc1-2. The smallest absolute Gasteiger partial charge is 0.299 e. The zero-order valence-corrected chi connectivity index (χ0v) is 18.5. The predicted octanol–water partition coefficient (Wildman–Crippen LogP) is 6.28. The molecule has 6 rings (SSSR count). The lowest BCUT2D eigenvalue weighted by Gasteiger charge is -2.14. The highest BCUT2D eigenvalue weighted by Gasteiger charge is 2.44. The number of aromatic nitrogens is 2. The van der Waals surface area contributed by atoms with Crippen molar-refractivity contribution in [2.24, 2.45) is 0 Å². The van der Waals surface area contributed by atoms with E-state index in [4.69, 9.17) is 0 Å². The molecule has 4 nitrogen and oxygen atoms in total. The summed E-state index contributed by atoms with van der Waals surface area (Å²) in [7, 11) is 1.72. The molecule has 0 saturated carbocycles. The molecule has 0 bridgehead atoms. The molecule has 1 saturated heterocycles. The number of halogens is 3. The zero-order valence-electron chi connectivity index (χ0n) is 18.5. The molecule has 1 aliphatic carbocycles. The van der Waals surface area contributed by atoms with Gasteiger partial charge in [-0.3, -0.25) is 0 Å². The van der Waals surface area contributed by atoms with Crippen LogP contribution in [-0.2, 0) is 5.92 Å². The number of nitrogens with zero attached hydrogens (tertiary/aromatic N) is 1. The summed E-state index contributed by atoms with van der Waals surface area (Å²) in [6.07, 6.45) is 1.30. The van der Waals surface area contributed by atoms with E-state index in [-0.39, 0.29) is 17.2 Å². The number of alkyl halides is 3. The van der Waals surface area contributed by atoms with Crippen molar-refractivity contribution in [1.82, 2.24) is 15.3 Å². The van der Waals surface area contributed by atoms with Crippen molar-refractivity contribution in [3.05, 3.63) is 83.8 Å². The second-order valence-electron chi connectivity index (χ2n) is 8.90. The average molecular weight is 461 g/mol. The number of H-pyrrole nitrogens is 1. The topological polar surface area (TPSA) is 52.7 Å². The Hall–Kier alpha value is -3.58. The minimum absolute atomic E-state index is 0.0331. The van der Waals surface area contributed by atoms with Crippen LogP contribution < -0.4 is 10.6 Å². The summed E-state index contributed by atoms with van der Waals surface area (Å²) < 4.78 is 44.1. The van der Waals surface area contributed by atoms with Gasteiger partial charge in [-0.05, 0) is 46.0 Å². The third-order valence-electron chi connectivity index (χ3n) is 6.83. The maximum atomic E-state index is 15.3. The lowest BCUT2D eigenvalue weighted by Crippen LogP contribution is -2.14. The molecule has 1 aliphatic heterocycles. The van der Waals surface area contributed by atoms with Gasteiger partial charge in [0.15, 0.2) is 0 Å². The predicted molar refractivity (Wildman–Crippen MR) is 128 cm³/mol. The van der Waals surface area contributed by atoms with E-state index in [9.17, 15) is 4.39 Å². The number of nitrogens with one attached hydrogen (secondary N) is 3. The van der Waals surface area contributed by atoms with Crippen LogP contribution in [0.1, 0.15) is 29.4 Å². The fraction of sp³-hybridized carbons (Fsp3) is 0.222. The zero-order chi connectivity index (χ0) is 23.4. The molecule has 34 heavy (non-hydrogen) atoms. The van der Waals surface area contributed by atoms with Crippen LogP contribution in [0.15, 0.2) is 66.9 Å². The number of aromatic amines is 1. The first-order valence-corrected chi connectivity index (χ1v) is 11.3. The maximum absolute atomic E-state index is 15.3. The summed E-state index contributed by atoms with van der Waals surface area (Å²) in [5.74, 6) is -2.33. The van der Waals surface area contributed by atoms with Crippen LogP contribution in [0.3, 0.4) is 0 Å². The van der Waals surface area contributed by atoms with E-state index >= 15 is 8.78 Å². The Labute approximate surface area is 195 Å². The van der Waals surface area contributed by atoms with Crippen LogP contribution in [0.2, 0.25) is 0 Å². The molecule has 1 fully saturated rings. The van der Waals surface area contributed by atoms with E-state index in [1.54, 1.807) is 31.4 Å². The number of benzene rings is 3. The maximum Gasteiger partial charge on any atom is 0.299 e. The molecule has 2 aliphatic rings. The monoisotopic (exact) mass is 460 g/mol. The molecule has 7 heteroatoms. The van der Waals surface area contributed by atoms with Crippen LogP contribution in [0.5, 0.6) is 0 Å². The molecule has 3 aromatic carbocycles. The fourth-order valence-electron chi connectivity index (χ4n) is 4.96. The van der Waals surface area contributed by atoms with Gasteiger partial charge in [-0.1, -0.05) is 42.5 Å². The van der Waals surface area contributed by atoms with E-state index in [0.29, 0.717) is 29.8 Å². The normalized spacial score (nSPS) is 20.2. The highest BCUT2D eigenvalue weighted by molar-refractivity contribution is 5.84. The van der Waals surface area contributed by atoms with Gasteiger partial charge in [-0.25, -0.2) is 9.37 Å². The number of rotatable bonds is 4. The van der Waals surface area contributed by atoms with Gasteiger partial charge in [0.05, 0.1) is 17.9 Å². The molecular formula is C27H23F3N4. The summed E-state index contributed by atoms with van der Waals surface area (Å²) >= 11 is 0. The van der Waals surface area contributed by atoms with Crippen LogP contribution in [-0.4, -0.2) is 29.7 Å². The standard InChI is InChI=1S/C27H23F3N4/c1-31-19-7-9-21-20-8-6-17(10-22(20)27(29,30)23(21)12-19)15-2-4-16(5-3-15)25-14-33-26(34-25)24-11-18(28)13-32-24/h2-10,12,14,18,24,31-32H,11,13H2,1H3,(H,33,34). The van der Waals surface area contributed by atoms with Gasteiger partial charge in [-0.15, -0.1) is 0 Å². The molecule has 1 aromatic heterocycles. The van der Waals surface area contributed by atoms with Crippen molar-refractivity contribution in [3.8, 4) is 33.5 Å². The van der Waals surface area contributed by atoms with Gasteiger partial charge in [0, 0.05) is 36.8 Å². The number of fused-ring (bicyclic) bond motifs is 3. The van der Waals surface area contributed by atoms with Crippen molar-refractivity contribution in [2.75, 3.05) is 18.9 Å². The number of hydrogen-bond acceptors (Lipinski definition) is 3. The number of imidazole rings is 1. The molecule has 3 N–H and O–H groups in total. The van der Waals surface area contributed by atoms with Crippen molar-refractivity contribution >= 4 is 5.69 Å². The van der Waals surface area contributed by atoms with Gasteiger partial charge < -0.3 is 15.6 Å². The third kappa shape index (κ3) is 3.30. The second-order valence-corrected chi connectivity index (χ2v) is 8.90. The van der Waals surface area contributed by atoms with E-state index < -0.39 is 12.1 Å². The summed E-state index contributed by atoms with van der Waals surface area (Å²) in [5, 5.41) is 6.06. The van der Waals surface area contributed by atoms with E-state index in [2.05, 4.69) is 20.6 Å². The van der Waals surface area contributed by atoms with Crippen LogP contribution in [0.25, 0.3) is 33.5 Å². The quantitative estimate of drug-likeness (QED) is 0.336. The van der Waals surface area contributed by atoms with Crippen molar-refractivity contribution in [3.63, 3.8) is 0 Å². The van der Waals surface area contributed by atoms with E-state index in [1.165, 1.54) is 6.07 Å². The van der Waals surface area contributed by atoms with E-state index in [0.717, 1.165) is 28.2 Å². The van der Waals surface area contributed by atoms with Gasteiger partial charge >= 0.3 is 0 Å². The largest absolute Gasteiger partial charge is 0.388 e. The number of hydrogen-bond donors (Lipinski definition) is 3. The molecule has 0 spiro atoms. The Kier molecular flexibility index (Phi) is 4.78. The summed E-state index contributed by atoms with van der Waals surface area (Å²) in [4.78, 5) is 7.68. The lowest BCUT2D eigenvalue weighted by atomic mass is 9.97. The molecular weight excluding hydrogens is 437 g/mol. The van der Waals surface area contributed by atoms with E-state index in [1.807, 2.05) is 36.4 Å². The highest BCUT2D eigenvalue weighted by atomic mass is 19.3. The Bertz CT molecular complexity index is 1380. The van der Waals surface area contributed by atoms with Crippen molar-refractivity contribution < 1.29 is 13.2 Å². The van der Waals surface area contributed by atoms with Gasteiger partial charge in [0.25, 0.3) is 5.92 Å². The molecule has 0 amide bonds. The molecule has 172 valence electrons. The molecule has 0 radical (unpaired) electrons. The molecule has 4 aromatic rings. The van der Waals surface area contributed by atoms with Crippen molar-refractivity contribution in [2.45, 2.75) is 24.6 Å². The summed E-state index contributed by atoms with van der Waals surface area (Å²) in [5.41, 5.74) is 5.23. The molecule has 2 atom stereocenters. The van der Waals surface area contributed by atoms with Crippen LogP contribution in [0, 0.1) is 0 Å². The second kappa shape index (κ2) is 7.74. The summed E-state index contributed by atoms with van der Waals surface area (Å²) in [6, 6.07) is 18.0. The number of anilines is 1. The third-order valence-corrected chi connectivity index (χ3v) is 6.83. The van der Waals surface area contributed by atoms with Crippen LogP contribution >= 0.6 is 0 Å². The minimum atomic E-state index is -3.05. The molecule has 2 unspecified atom stereocenters. The van der Waals surface area contributed by atoms with Gasteiger partial charge in [0.1, 0.15) is 12.0 Å². The Morgan fingerprint density at radius 3 is 2.29 bits per heavy atom. The first-order valence-electron chi connectivity index (χ1n) is 11.3.